The van der Waals surface area contributed by atoms with Crippen LogP contribution in [0.1, 0.15) is 83.8 Å². The van der Waals surface area contributed by atoms with Crippen molar-refractivity contribution in [2.45, 2.75) is 83.5 Å². The molecule has 5 rings (SSSR count). The molecule has 1 fully saturated rings. The van der Waals surface area contributed by atoms with E-state index >= 15 is 0 Å². The number of benzene rings is 2. The summed E-state index contributed by atoms with van der Waals surface area (Å²) in [5, 5.41) is 0. The lowest BCUT2D eigenvalue weighted by Gasteiger charge is -2.35. The Kier molecular flexibility index (Phi) is 5.75. The fraction of sp³-hybridized carbons (Fsp3) is 0.516. The van der Waals surface area contributed by atoms with Crippen LogP contribution in [0.25, 0.3) is 0 Å². The number of rotatable bonds is 5. The van der Waals surface area contributed by atoms with Crippen LogP contribution in [0.2, 0.25) is 0 Å². The number of para-hydroxylation sites is 2. The van der Waals surface area contributed by atoms with Crippen molar-refractivity contribution < 1.29 is 4.58 Å². The lowest BCUT2D eigenvalue weighted by atomic mass is 9.66. The van der Waals surface area contributed by atoms with E-state index in [1.54, 1.807) is 5.56 Å². The van der Waals surface area contributed by atoms with E-state index < -0.39 is 0 Å². The minimum absolute atomic E-state index is 0.0401. The molecule has 0 bridgehead atoms. The maximum Gasteiger partial charge on any atom is 0.209 e. The summed E-state index contributed by atoms with van der Waals surface area (Å²) in [5.74, 6) is 0.639. The molecule has 1 saturated carbocycles. The van der Waals surface area contributed by atoms with Crippen molar-refractivity contribution in [1.29, 1.82) is 0 Å². The summed E-state index contributed by atoms with van der Waals surface area (Å²) in [6, 6.07) is 18.4. The number of allylic oxidation sites excluding steroid dienone is 2. The molecule has 1 spiro atoms. The first kappa shape index (κ1) is 22.4. The fourth-order valence-electron chi connectivity index (χ4n) is 7.28. The molecule has 0 N–H and O–H groups in total. The molecule has 1 aliphatic carbocycles. The van der Waals surface area contributed by atoms with Crippen molar-refractivity contribution in [2.75, 3.05) is 18.5 Å². The highest BCUT2D eigenvalue weighted by Gasteiger charge is 2.52. The number of nitrogens with zero attached hydrogens (tertiary/aromatic N) is 2. The standard InChI is InChI=1S/C31H41N2/c1-6-20-33-27-17-11-8-14-24(27)30(4,22-23(2)3)28(33)21-29-31(18-12-7-13-19-31)25-15-9-10-16-26(25)32(29)5/h8-11,14-17,21,23H,6-7,12-13,18-20,22H2,1-5H3/q+1. The molecular formula is C31H41N2+. The van der Waals surface area contributed by atoms with Crippen molar-refractivity contribution >= 4 is 17.1 Å². The molecule has 0 aromatic heterocycles. The molecule has 2 nitrogen and oxygen atoms in total. The molecule has 1 unspecified atom stereocenters. The first-order valence-electron chi connectivity index (χ1n) is 13.2. The van der Waals surface area contributed by atoms with E-state index in [1.165, 1.54) is 66.9 Å². The lowest BCUT2D eigenvalue weighted by Crippen LogP contribution is -2.38. The van der Waals surface area contributed by atoms with Gasteiger partial charge < -0.3 is 4.90 Å². The van der Waals surface area contributed by atoms with Gasteiger partial charge in [0.15, 0.2) is 5.71 Å². The van der Waals surface area contributed by atoms with E-state index in [0.717, 1.165) is 13.0 Å². The van der Waals surface area contributed by atoms with Gasteiger partial charge >= 0.3 is 0 Å². The molecule has 0 saturated heterocycles. The Bertz CT molecular complexity index is 1100. The summed E-state index contributed by atoms with van der Waals surface area (Å²) in [6.07, 6.45) is 11.5. The first-order chi connectivity index (χ1) is 15.9. The van der Waals surface area contributed by atoms with Gasteiger partial charge in [-0.1, -0.05) is 76.4 Å². The van der Waals surface area contributed by atoms with Gasteiger partial charge in [-0.25, -0.2) is 0 Å². The molecule has 174 valence electrons. The van der Waals surface area contributed by atoms with E-state index in [2.05, 4.69) is 98.8 Å². The number of hydrogen-bond acceptors (Lipinski definition) is 1. The normalized spacial score (nSPS) is 24.8. The second kappa shape index (κ2) is 8.46. The third kappa shape index (κ3) is 3.40. The second-order valence-electron chi connectivity index (χ2n) is 11.2. The summed E-state index contributed by atoms with van der Waals surface area (Å²) in [5.41, 5.74) is 9.15. The quantitative estimate of drug-likeness (QED) is 0.430. The van der Waals surface area contributed by atoms with E-state index in [4.69, 9.17) is 0 Å². The van der Waals surface area contributed by atoms with Gasteiger partial charge in [0.1, 0.15) is 7.05 Å². The van der Waals surface area contributed by atoms with Gasteiger partial charge in [-0.05, 0) is 50.2 Å². The predicted molar refractivity (Wildman–Crippen MR) is 141 cm³/mol. The smallest absolute Gasteiger partial charge is 0.209 e. The maximum atomic E-state index is 2.65. The SMILES string of the molecule is CCCN1C(=CC2=[N+](C)c3ccccc3C23CCCCC3)C(C)(CC(C)C)c2ccccc21. The molecular weight excluding hydrogens is 400 g/mol. The summed E-state index contributed by atoms with van der Waals surface area (Å²) < 4.78 is 2.52. The average Bonchev–Trinajstić information content (AvgIpc) is 3.17. The molecule has 2 aromatic rings. The summed E-state index contributed by atoms with van der Waals surface area (Å²) >= 11 is 0. The van der Waals surface area contributed by atoms with Gasteiger partial charge in [-0.2, -0.15) is 4.58 Å². The predicted octanol–water partition coefficient (Wildman–Crippen LogP) is 7.73. The van der Waals surface area contributed by atoms with Crippen LogP contribution in [0.4, 0.5) is 11.4 Å². The van der Waals surface area contributed by atoms with Gasteiger partial charge in [-0.3, -0.25) is 0 Å². The Labute approximate surface area is 201 Å². The third-order valence-corrected chi connectivity index (χ3v) is 8.52. The van der Waals surface area contributed by atoms with Crippen molar-refractivity contribution in [1.82, 2.24) is 0 Å². The van der Waals surface area contributed by atoms with Gasteiger partial charge in [-0.15, -0.1) is 0 Å². The van der Waals surface area contributed by atoms with Gasteiger partial charge in [0.2, 0.25) is 5.69 Å². The summed E-state index contributed by atoms with van der Waals surface area (Å²) in [7, 11) is 2.31. The molecule has 0 radical (unpaired) electrons. The zero-order valence-corrected chi connectivity index (χ0v) is 21.3. The van der Waals surface area contributed by atoms with Crippen LogP contribution in [0, 0.1) is 5.92 Å². The number of fused-ring (bicyclic) bond motifs is 3. The Morgan fingerprint density at radius 1 is 0.970 bits per heavy atom. The average molecular weight is 442 g/mol. The summed E-state index contributed by atoms with van der Waals surface area (Å²) in [4.78, 5) is 2.65. The fourth-order valence-corrected chi connectivity index (χ4v) is 7.28. The van der Waals surface area contributed by atoms with E-state index in [0.29, 0.717) is 5.92 Å². The minimum Gasteiger partial charge on any atom is -0.344 e. The molecule has 0 amide bonds. The monoisotopic (exact) mass is 441 g/mol. The van der Waals surface area contributed by atoms with Crippen molar-refractivity contribution in [2.24, 2.45) is 5.92 Å². The molecule has 2 heteroatoms. The molecule has 3 aliphatic rings. The number of hydrogen-bond donors (Lipinski definition) is 0. The largest absolute Gasteiger partial charge is 0.344 e. The zero-order chi connectivity index (χ0) is 23.2. The Morgan fingerprint density at radius 3 is 2.33 bits per heavy atom. The van der Waals surface area contributed by atoms with Gasteiger partial charge in [0, 0.05) is 41.1 Å². The van der Waals surface area contributed by atoms with Gasteiger partial charge in [0.25, 0.3) is 0 Å². The third-order valence-electron chi connectivity index (χ3n) is 8.52. The Hall–Kier alpha value is -2.35. The molecule has 2 heterocycles. The highest BCUT2D eigenvalue weighted by atomic mass is 15.2. The maximum absolute atomic E-state index is 2.65. The lowest BCUT2D eigenvalue weighted by molar-refractivity contribution is -0.401. The number of anilines is 1. The van der Waals surface area contributed by atoms with Crippen molar-refractivity contribution in [3.05, 3.63) is 71.4 Å². The van der Waals surface area contributed by atoms with E-state index in [1.807, 2.05) is 0 Å². The second-order valence-corrected chi connectivity index (χ2v) is 11.2. The van der Waals surface area contributed by atoms with Crippen molar-refractivity contribution in [3.8, 4) is 0 Å². The van der Waals surface area contributed by atoms with E-state index in [9.17, 15) is 0 Å². The highest BCUT2D eigenvalue weighted by molar-refractivity contribution is 6.05. The first-order valence-corrected chi connectivity index (χ1v) is 13.2. The zero-order valence-electron chi connectivity index (χ0n) is 21.3. The van der Waals surface area contributed by atoms with Crippen LogP contribution in [-0.2, 0) is 10.8 Å². The molecule has 2 aliphatic heterocycles. The Morgan fingerprint density at radius 2 is 1.64 bits per heavy atom. The van der Waals surface area contributed by atoms with Crippen LogP contribution < -0.4 is 4.90 Å². The van der Waals surface area contributed by atoms with Crippen molar-refractivity contribution in [3.63, 3.8) is 0 Å². The van der Waals surface area contributed by atoms with Crippen LogP contribution >= 0.6 is 0 Å². The minimum atomic E-state index is 0.0401. The Balaban J connectivity index is 1.73. The van der Waals surface area contributed by atoms with Crippen LogP contribution in [0.3, 0.4) is 0 Å². The van der Waals surface area contributed by atoms with Crippen LogP contribution in [-0.4, -0.2) is 23.9 Å². The molecule has 33 heavy (non-hydrogen) atoms. The summed E-state index contributed by atoms with van der Waals surface area (Å²) in [6.45, 7) is 10.6. The van der Waals surface area contributed by atoms with Crippen LogP contribution in [0.15, 0.2) is 60.3 Å². The highest BCUT2D eigenvalue weighted by Crippen LogP contribution is 2.53. The topological polar surface area (TPSA) is 6.25 Å². The molecule has 1 atom stereocenters. The van der Waals surface area contributed by atoms with Crippen LogP contribution in [0.5, 0.6) is 0 Å². The molecule has 2 aromatic carbocycles. The van der Waals surface area contributed by atoms with E-state index in [-0.39, 0.29) is 10.8 Å². The van der Waals surface area contributed by atoms with Gasteiger partial charge in [0.05, 0.1) is 5.41 Å².